The van der Waals surface area contributed by atoms with Crippen LogP contribution in [0.4, 0.5) is 27.5 Å². The van der Waals surface area contributed by atoms with Gasteiger partial charge in [-0.15, -0.1) is 0 Å². The Balaban J connectivity index is 1.91. The van der Waals surface area contributed by atoms with Gasteiger partial charge < -0.3 is 27.4 Å². The van der Waals surface area contributed by atoms with E-state index in [2.05, 4.69) is 25.9 Å². The van der Waals surface area contributed by atoms with Crippen LogP contribution in [0.2, 0.25) is 0 Å². The molecule has 2 aromatic heterocycles. The molecular weight excluding hydrogens is 349 g/mol. The number of carbonyl (C=O) groups is 1. The largest absolute Gasteiger partial charge is 0.373 e. The average Bonchev–Trinajstić information content (AvgIpc) is 2.66. The van der Waals surface area contributed by atoms with E-state index in [1.54, 1.807) is 25.4 Å². The Labute approximate surface area is 156 Å². The summed E-state index contributed by atoms with van der Waals surface area (Å²) in [5.41, 5.74) is 12.1. The minimum atomic E-state index is -0.771. The van der Waals surface area contributed by atoms with Crippen LogP contribution >= 0.6 is 0 Å². The highest BCUT2D eigenvalue weighted by Crippen LogP contribution is 2.27. The van der Waals surface area contributed by atoms with Gasteiger partial charge in [0.2, 0.25) is 0 Å². The van der Waals surface area contributed by atoms with E-state index in [-0.39, 0.29) is 29.3 Å². The van der Waals surface area contributed by atoms with Crippen molar-refractivity contribution in [3.8, 4) is 0 Å². The van der Waals surface area contributed by atoms with Crippen molar-refractivity contribution < 1.29 is 9.18 Å². The fourth-order valence-electron chi connectivity index (χ4n) is 3.17. The van der Waals surface area contributed by atoms with E-state index < -0.39 is 11.7 Å². The number of nitrogens with one attached hydrogen (secondary N) is 3. The van der Waals surface area contributed by atoms with Crippen LogP contribution in [-0.2, 0) is 0 Å². The van der Waals surface area contributed by atoms with Crippen LogP contribution in [0.15, 0.2) is 24.4 Å². The van der Waals surface area contributed by atoms with Crippen molar-refractivity contribution in [2.24, 2.45) is 11.5 Å². The van der Waals surface area contributed by atoms with Gasteiger partial charge in [0.1, 0.15) is 11.6 Å². The molecule has 0 radical (unpaired) electrons. The molecule has 3 rings (SSSR count). The third-order valence-corrected chi connectivity index (χ3v) is 4.66. The number of nitrogens with zero attached hydrogens (tertiary/aromatic N) is 2. The van der Waals surface area contributed by atoms with Gasteiger partial charge in [-0.2, -0.15) is 0 Å². The standard InChI is InChI=1S/C18H24FN7O/c1-22-15-8-10(6-7-23-15)24-17-11(16(21)27)9-12(19)18(26-17)25-14-5-3-2-4-13(14)20/h6-9,13-14H,2-5,20H2,1H3,(H2,21,27)(H3,22,23,24,25,26)/t13-,14+/m0/s1. The minimum absolute atomic E-state index is 0.0335. The first-order valence-corrected chi connectivity index (χ1v) is 8.91. The Morgan fingerprint density at radius 2 is 2.04 bits per heavy atom. The SMILES string of the molecule is CNc1cc(Nc2nc(N[C@@H]3CCCC[C@@H]3N)c(F)cc2C(N)=O)ccn1. The molecule has 27 heavy (non-hydrogen) atoms. The smallest absolute Gasteiger partial charge is 0.252 e. The predicted octanol–water partition coefficient (Wildman–Crippen LogP) is 2.18. The highest BCUT2D eigenvalue weighted by molar-refractivity contribution is 5.98. The number of aromatic nitrogens is 2. The molecule has 1 aliphatic carbocycles. The van der Waals surface area contributed by atoms with Crippen molar-refractivity contribution in [1.29, 1.82) is 0 Å². The van der Waals surface area contributed by atoms with E-state index in [1.807, 2.05) is 0 Å². The quantitative estimate of drug-likeness (QED) is 0.524. The normalized spacial score (nSPS) is 19.4. The van der Waals surface area contributed by atoms with Gasteiger partial charge in [-0.1, -0.05) is 12.8 Å². The van der Waals surface area contributed by atoms with Gasteiger partial charge in [0.25, 0.3) is 5.91 Å². The summed E-state index contributed by atoms with van der Waals surface area (Å²) in [4.78, 5) is 20.2. The Morgan fingerprint density at radius 1 is 1.26 bits per heavy atom. The number of rotatable bonds is 6. The predicted molar refractivity (Wildman–Crippen MR) is 104 cm³/mol. The van der Waals surface area contributed by atoms with Gasteiger partial charge in [0.15, 0.2) is 11.6 Å². The van der Waals surface area contributed by atoms with Crippen molar-refractivity contribution in [3.63, 3.8) is 0 Å². The molecule has 8 nitrogen and oxygen atoms in total. The van der Waals surface area contributed by atoms with Gasteiger partial charge in [-0.3, -0.25) is 4.79 Å². The Bertz CT molecular complexity index is 829. The Kier molecular flexibility index (Phi) is 5.70. The first kappa shape index (κ1) is 18.8. The van der Waals surface area contributed by atoms with Crippen molar-refractivity contribution in [3.05, 3.63) is 35.8 Å². The topological polar surface area (TPSA) is 131 Å². The highest BCUT2D eigenvalue weighted by Gasteiger charge is 2.24. The summed E-state index contributed by atoms with van der Waals surface area (Å²) in [5, 5.41) is 9.02. The average molecular weight is 373 g/mol. The third-order valence-electron chi connectivity index (χ3n) is 4.66. The lowest BCUT2D eigenvalue weighted by molar-refractivity contribution is 0.100. The molecule has 1 fully saturated rings. The summed E-state index contributed by atoms with van der Waals surface area (Å²) in [6, 6.07) is 4.41. The number of primary amides is 1. The number of halogens is 1. The van der Waals surface area contributed by atoms with Crippen LogP contribution in [0.25, 0.3) is 0 Å². The molecule has 2 atom stereocenters. The zero-order valence-electron chi connectivity index (χ0n) is 15.1. The summed E-state index contributed by atoms with van der Waals surface area (Å²) < 4.78 is 14.5. The maximum atomic E-state index is 14.5. The maximum absolute atomic E-state index is 14.5. The number of amides is 1. The molecule has 0 spiro atoms. The lowest BCUT2D eigenvalue weighted by Gasteiger charge is -2.30. The molecular formula is C18H24FN7O. The van der Waals surface area contributed by atoms with Crippen LogP contribution in [-0.4, -0.2) is 35.0 Å². The molecule has 0 saturated heterocycles. The van der Waals surface area contributed by atoms with E-state index in [4.69, 9.17) is 11.5 Å². The van der Waals surface area contributed by atoms with E-state index >= 15 is 0 Å². The fourth-order valence-corrected chi connectivity index (χ4v) is 3.17. The van der Waals surface area contributed by atoms with E-state index in [0.29, 0.717) is 11.5 Å². The second-order valence-corrected chi connectivity index (χ2v) is 6.58. The van der Waals surface area contributed by atoms with Crippen molar-refractivity contribution >= 4 is 29.0 Å². The van der Waals surface area contributed by atoms with Gasteiger partial charge in [0, 0.05) is 37.1 Å². The second kappa shape index (κ2) is 8.17. The molecule has 1 amide bonds. The van der Waals surface area contributed by atoms with Crippen LogP contribution in [0.3, 0.4) is 0 Å². The molecule has 9 heteroatoms. The van der Waals surface area contributed by atoms with Gasteiger partial charge in [-0.05, 0) is 25.0 Å². The molecule has 0 aromatic carbocycles. The summed E-state index contributed by atoms with van der Waals surface area (Å²) in [6.45, 7) is 0. The molecule has 0 unspecified atom stereocenters. The first-order chi connectivity index (χ1) is 13.0. The number of nitrogens with two attached hydrogens (primary N) is 2. The minimum Gasteiger partial charge on any atom is -0.373 e. The zero-order valence-corrected chi connectivity index (χ0v) is 15.1. The molecule has 7 N–H and O–H groups in total. The van der Waals surface area contributed by atoms with E-state index in [0.717, 1.165) is 31.7 Å². The summed E-state index contributed by atoms with van der Waals surface area (Å²) in [5.74, 6) is -0.559. The Morgan fingerprint density at radius 3 is 2.74 bits per heavy atom. The molecule has 0 aliphatic heterocycles. The van der Waals surface area contributed by atoms with Crippen molar-refractivity contribution in [2.75, 3.05) is 23.0 Å². The first-order valence-electron chi connectivity index (χ1n) is 8.91. The van der Waals surface area contributed by atoms with Crippen molar-refractivity contribution in [2.45, 2.75) is 37.8 Å². The van der Waals surface area contributed by atoms with Gasteiger partial charge in [-0.25, -0.2) is 14.4 Å². The van der Waals surface area contributed by atoms with Crippen LogP contribution in [0.1, 0.15) is 36.0 Å². The number of hydrogen-bond acceptors (Lipinski definition) is 7. The molecule has 1 saturated carbocycles. The lowest BCUT2D eigenvalue weighted by Crippen LogP contribution is -2.43. The molecule has 144 valence electrons. The fraction of sp³-hybridized carbons (Fsp3) is 0.389. The maximum Gasteiger partial charge on any atom is 0.252 e. The number of hydrogen-bond donors (Lipinski definition) is 5. The summed E-state index contributed by atoms with van der Waals surface area (Å²) in [6.07, 6.45) is 5.42. The van der Waals surface area contributed by atoms with E-state index in [9.17, 15) is 9.18 Å². The monoisotopic (exact) mass is 373 g/mol. The highest BCUT2D eigenvalue weighted by atomic mass is 19.1. The molecule has 2 aromatic rings. The number of pyridine rings is 2. The Hall–Kier alpha value is -2.94. The third kappa shape index (κ3) is 4.43. The van der Waals surface area contributed by atoms with Gasteiger partial charge >= 0.3 is 0 Å². The van der Waals surface area contributed by atoms with Crippen LogP contribution in [0, 0.1) is 5.82 Å². The summed E-state index contributed by atoms with van der Waals surface area (Å²) >= 11 is 0. The second-order valence-electron chi connectivity index (χ2n) is 6.58. The van der Waals surface area contributed by atoms with Gasteiger partial charge in [0.05, 0.1) is 5.56 Å². The number of anilines is 4. The molecule has 0 bridgehead atoms. The zero-order chi connectivity index (χ0) is 19.4. The van der Waals surface area contributed by atoms with Crippen molar-refractivity contribution in [1.82, 2.24) is 9.97 Å². The van der Waals surface area contributed by atoms with Crippen LogP contribution in [0.5, 0.6) is 0 Å². The van der Waals surface area contributed by atoms with Crippen LogP contribution < -0.4 is 27.4 Å². The molecule has 1 aliphatic rings. The number of carbonyl (C=O) groups excluding carboxylic acids is 1. The summed E-state index contributed by atoms with van der Waals surface area (Å²) in [7, 11) is 1.74. The lowest BCUT2D eigenvalue weighted by atomic mass is 9.91. The molecule has 2 heterocycles. The van der Waals surface area contributed by atoms with E-state index in [1.165, 1.54) is 0 Å².